The summed E-state index contributed by atoms with van der Waals surface area (Å²) >= 11 is 0. The van der Waals surface area contributed by atoms with Crippen LogP contribution in [0.4, 0.5) is 0 Å². The highest BCUT2D eigenvalue weighted by Gasteiger charge is 2.36. The summed E-state index contributed by atoms with van der Waals surface area (Å²) in [6.07, 6.45) is 5.63. The second-order valence-electron chi connectivity index (χ2n) is 9.98. The number of aliphatic hydroxyl groups is 2. The third-order valence-electron chi connectivity index (χ3n) is 6.50. The molecule has 1 saturated carbocycles. The highest BCUT2D eigenvalue weighted by atomic mass is 16.6. The van der Waals surface area contributed by atoms with Crippen LogP contribution >= 0.6 is 0 Å². The van der Waals surface area contributed by atoms with Gasteiger partial charge in [-0.3, -0.25) is 4.79 Å². The number of esters is 2. The Morgan fingerprint density at radius 3 is 2.02 bits per heavy atom. The molecule has 2 unspecified atom stereocenters. The molecule has 0 amide bonds. The summed E-state index contributed by atoms with van der Waals surface area (Å²) in [4.78, 5) is 34.5. The minimum atomic E-state index is -1.06. The molecule has 7 N–H and O–H groups in total. The van der Waals surface area contributed by atoms with Crippen molar-refractivity contribution in [2.45, 2.75) is 63.8 Å². The molecule has 3 rings (SSSR count). The number of aromatic hydroxyl groups is 4. The molecular weight excluding hydrogens is 564 g/mol. The normalized spacial score (nSPS) is 18.9. The Bertz CT molecular complexity index is 1290. The maximum Gasteiger partial charge on any atom is 0.331 e. The Morgan fingerprint density at radius 2 is 1.49 bits per heavy atom. The van der Waals surface area contributed by atoms with Gasteiger partial charge in [0, 0.05) is 18.6 Å². The van der Waals surface area contributed by atoms with Crippen LogP contribution in [0.25, 0.3) is 12.2 Å². The smallest absolute Gasteiger partial charge is 0.331 e. The van der Waals surface area contributed by atoms with Gasteiger partial charge in [-0.25, -0.2) is 9.59 Å². The molecule has 2 aromatic rings. The molecule has 12 heteroatoms. The van der Waals surface area contributed by atoms with E-state index in [1.54, 1.807) is 0 Å². The van der Waals surface area contributed by atoms with Gasteiger partial charge in [-0.05, 0) is 66.8 Å². The van der Waals surface area contributed by atoms with Gasteiger partial charge in [-0.2, -0.15) is 0 Å². The van der Waals surface area contributed by atoms with E-state index in [9.17, 15) is 34.8 Å². The number of hydrogen-bond acceptors (Lipinski definition) is 11. The number of ether oxygens (including phenoxy) is 2. The van der Waals surface area contributed by atoms with Crippen molar-refractivity contribution in [3.63, 3.8) is 0 Å². The van der Waals surface area contributed by atoms with E-state index in [0.29, 0.717) is 30.4 Å². The number of rotatable bonds is 11. The van der Waals surface area contributed by atoms with Crippen LogP contribution in [-0.2, 0) is 23.9 Å². The van der Waals surface area contributed by atoms with Gasteiger partial charge in [0.1, 0.15) is 12.7 Å². The third kappa shape index (κ3) is 12.5. The molecule has 1 aliphatic rings. The summed E-state index contributed by atoms with van der Waals surface area (Å²) in [5, 5.41) is 65.0. The SMILES string of the molecule is CCCCC(O)COC(=O)C1CC[C@@H](O)[C@H](OC(=O)/C=C/c2ccc(O)c(O)c2)C1.O=C(O)/C=C/c1ccc(O)c(O)c1. The predicted molar refractivity (Wildman–Crippen MR) is 155 cm³/mol. The summed E-state index contributed by atoms with van der Waals surface area (Å²) in [5.41, 5.74) is 0.993. The molecule has 43 heavy (non-hydrogen) atoms. The molecule has 1 aliphatic carbocycles. The van der Waals surface area contributed by atoms with Crippen LogP contribution < -0.4 is 0 Å². The number of benzene rings is 2. The summed E-state index contributed by atoms with van der Waals surface area (Å²) in [6, 6.07) is 8.14. The molecule has 234 valence electrons. The predicted octanol–water partition coefficient (Wildman–Crippen LogP) is 3.47. The maximum absolute atomic E-state index is 12.3. The average Bonchev–Trinajstić information content (AvgIpc) is 2.97. The Kier molecular flexibility index (Phi) is 14.0. The lowest BCUT2D eigenvalue weighted by Gasteiger charge is -2.31. The van der Waals surface area contributed by atoms with Gasteiger partial charge in [0.05, 0.1) is 18.1 Å². The molecule has 0 bridgehead atoms. The van der Waals surface area contributed by atoms with Gasteiger partial charge in [-0.1, -0.05) is 31.9 Å². The standard InChI is InChI=1S/C22H30O8.C9H8O4/c1-2-3-4-16(23)13-29-22(28)15-7-9-18(25)20(12-15)30-21(27)10-6-14-5-8-17(24)19(26)11-14;10-7-3-1-6(5-8(7)11)2-4-9(12)13/h5-6,8,10-11,15-16,18,20,23-26H,2-4,7,9,12-13H2,1H3;1-5,10-11H,(H,12,13)/b10-6+;4-2+/t15?,16?,18-,20-;/m1./s1. The van der Waals surface area contributed by atoms with Crippen LogP contribution in [-0.4, -0.2) is 78.6 Å². The van der Waals surface area contributed by atoms with Crippen LogP contribution in [0.15, 0.2) is 48.6 Å². The van der Waals surface area contributed by atoms with E-state index in [4.69, 9.17) is 24.8 Å². The number of carboxylic acids is 1. The van der Waals surface area contributed by atoms with E-state index in [0.717, 1.165) is 25.0 Å². The van der Waals surface area contributed by atoms with E-state index < -0.39 is 42.1 Å². The van der Waals surface area contributed by atoms with E-state index in [1.165, 1.54) is 48.6 Å². The Labute approximate surface area is 248 Å². The summed E-state index contributed by atoms with van der Waals surface area (Å²) in [5.74, 6) is -3.82. The molecule has 0 aliphatic heterocycles. The van der Waals surface area contributed by atoms with Crippen LogP contribution in [0.1, 0.15) is 56.6 Å². The molecule has 0 aromatic heterocycles. The van der Waals surface area contributed by atoms with Crippen molar-refractivity contribution in [2.24, 2.45) is 5.92 Å². The van der Waals surface area contributed by atoms with Crippen LogP contribution in [0, 0.1) is 5.92 Å². The molecule has 4 atom stereocenters. The topological polar surface area (TPSA) is 211 Å². The number of aliphatic hydroxyl groups excluding tert-OH is 2. The lowest BCUT2D eigenvalue weighted by atomic mass is 9.85. The minimum absolute atomic E-state index is 0.0649. The lowest BCUT2D eigenvalue weighted by Crippen LogP contribution is -2.40. The minimum Gasteiger partial charge on any atom is -0.504 e. The molecule has 0 heterocycles. The van der Waals surface area contributed by atoms with Crippen molar-refractivity contribution in [1.82, 2.24) is 0 Å². The van der Waals surface area contributed by atoms with Crippen LogP contribution in [0.3, 0.4) is 0 Å². The molecule has 0 radical (unpaired) electrons. The number of unbranched alkanes of at least 4 members (excludes halogenated alkanes) is 1. The van der Waals surface area contributed by atoms with E-state index >= 15 is 0 Å². The third-order valence-corrected chi connectivity index (χ3v) is 6.50. The zero-order chi connectivity index (χ0) is 31.9. The van der Waals surface area contributed by atoms with Gasteiger partial charge in [0.2, 0.25) is 0 Å². The number of phenolic OH excluding ortho intramolecular Hbond substituents is 4. The zero-order valence-corrected chi connectivity index (χ0v) is 23.7. The van der Waals surface area contributed by atoms with Gasteiger partial charge in [0.25, 0.3) is 0 Å². The first-order valence-electron chi connectivity index (χ1n) is 13.8. The number of carbonyl (C=O) groups is 3. The molecule has 0 saturated heterocycles. The molecule has 2 aromatic carbocycles. The lowest BCUT2D eigenvalue weighted by molar-refractivity contribution is -0.163. The van der Waals surface area contributed by atoms with Gasteiger partial charge < -0.3 is 45.2 Å². The highest BCUT2D eigenvalue weighted by Crippen LogP contribution is 2.29. The Morgan fingerprint density at radius 1 is 0.907 bits per heavy atom. The van der Waals surface area contributed by atoms with E-state index in [-0.39, 0.29) is 36.0 Å². The van der Waals surface area contributed by atoms with Gasteiger partial charge >= 0.3 is 17.9 Å². The van der Waals surface area contributed by atoms with E-state index in [1.807, 2.05) is 6.92 Å². The summed E-state index contributed by atoms with van der Waals surface area (Å²) in [7, 11) is 0. The number of hydrogen-bond donors (Lipinski definition) is 7. The number of phenols is 4. The monoisotopic (exact) mass is 602 g/mol. The Balaban J connectivity index is 0.000000413. The maximum atomic E-state index is 12.3. The fourth-order valence-electron chi connectivity index (χ4n) is 4.08. The summed E-state index contributed by atoms with van der Waals surface area (Å²) < 4.78 is 10.5. The first-order chi connectivity index (χ1) is 20.4. The number of carbonyl (C=O) groups excluding carboxylic acids is 2. The first kappa shape index (κ1) is 34.7. The second-order valence-corrected chi connectivity index (χ2v) is 9.98. The zero-order valence-electron chi connectivity index (χ0n) is 23.7. The molecule has 12 nitrogen and oxygen atoms in total. The van der Waals surface area contributed by atoms with Crippen LogP contribution in [0.2, 0.25) is 0 Å². The van der Waals surface area contributed by atoms with Crippen molar-refractivity contribution in [3.05, 3.63) is 59.7 Å². The number of aliphatic carboxylic acids is 1. The van der Waals surface area contributed by atoms with Gasteiger partial charge in [-0.15, -0.1) is 0 Å². The second kappa shape index (κ2) is 17.4. The molecule has 1 fully saturated rings. The average molecular weight is 603 g/mol. The quantitative estimate of drug-likeness (QED) is 0.112. The first-order valence-corrected chi connectivity index (χ1v) is 13.8. The van der Waals surface area contributed by atoms with Gasteiger partial charge in [0.15, 0.2) is 23.0 Å². The fraction of sp³-hybridized carbons (Fsp3) is 0.387. The Hall–Kier alpha value is -4.55. The van der Waals surface area contributed by atoms with E-state index in [2.05, 4.69) is 0 Å². The van der Waals surface area contributed by atoms with Crippen molar-refractivity contribution >= 4 is 30.1 Å². The molecule has 0 spiro atoms. The fourth-order valence-corrected chi connectivity index (χ4v) is 4.08. The molecular formula is C31H38O12. The highest BCUT2D eigenvalue weighted by molar-refractivity contribution is 5.87. The van der Waals surface area contributed by atoms with Crippen molar-refractivity contribution in [3.8, 4) is 23.0 Å². The number of carboxylic acid groups (broad SMARTS) is 1. The van der Waals surface area contributed by atoms with Crippen LogP contribution in [0.5, 0.6) is 23.0 Å². The van der Waals surface area contributed by atoms with Crippen molar-refractivity contribution in [1.29, 1.82) is 0 Å². The largest absolute Gasteiger partial charge is 0.504 e. The summed E-state index contributed by atoms with van der Waals surface area (Å²) in [6.45, 7) is 1.95. The van der Waals surface area contributed by atoms with Crippen molar-refractivity contribution in [2.75, 3.05) is 6.61 Å². The van der Waals surface area contributed by atoms with Crippen molar-refractivity contribution < 1.29 is 59.6 Å².